The van der Waals surface area contributed by atoms with Crippen molar-refractivity contribution in [1.82, 2.24) is 15.2 Å². The topological polar surface area (TPSA) is 85.5 Å². The number of ether oxygens (including phenoxy) is 2. The van der Waals surface area contributed by atoms with Gasteiger partial charge in [-0.05, 0) is 13.8 Å². The Morgan fingerprint density at radius 2 is 1.95 bits per heavy atom. The Hall–Kier alpha value is -2.25. The van der Waals surface area contributed by atoms with Crippen LogP contribution in [0.3, 0.4) is 0 Å². The summed E-state index contributed by atoms with van der Waals surface area (Å²) in [6.45, 7) is 5.46. The number of imidazole rings is 1. The quantitative estimate of drug-likeness (QED) is 0.708. The van der Waals surface area contributed by atoms with Gasteiger partial charge >= 0.3 is 12.2 Å². The lowest BCUT2D eigenvalue weighted by Gasteiger charge is -2.08. The molecule has 0 aliphatic rings. The third-order valence-corrected chi connectivity index (χ3v) is 2.52. The summed E-state index contributed by atoms with van der Waals surface area (Å²) >= 11 is 0. The average Bonchev–Trinajstić information content (AvgIpc) is 2.85. The van der Waals surface area contributed by atoms with Crippen molar-refractivity contribution in [2.45, 2.75) is 33.0 Å². The molecule has 0 saturated carbocycles. The number of amides is 2. The molecule has 1 rings (SSSR count). The molecular formula is C13H23N4O4+. The van der Waals surface area contributed by atoms with E-state index in [4.69, 9.17) is 9.47 Å². The predicted molar refractivity (Wildman–Crippen MR) is 74.7 cm³/mol. The molecule has 0 aromatic carbocycles. The molecule has 0 radical (unpaired) electrons. The Morgan fingerprint density at radius 3 is 2.62 bits per heavy atom. The minimum Gasteiger partial charge on any atom is -0.445 e. The fraction of sp³-hybridized carbons (Fsp3) is 0.615. The van der Waals surface area contributed by atoms with Gasteiger partial charge < -0.3 is 20.1 Å². The number of hydrogen-bond acceptors (Lipinski definition) is 4. The number of rotatable bonds is 7. The Labute approximate surface area is 124 Å². The summed E-state index contributed by atoms with van der Waals surface area (Å²) in [6.07, 6.45) is 4.73. The lowest BCUT2D eigenvalue weighted by molar-refractivity contribution is -0.697. The monoisotopic (exact) mass is 299 g/mol. The van der Waals surface area contributed by atoms with E-state index in [1.165, 1.54) is 7.05 Å². The molecule has 0 spiro atoms. The molecule has 0 saturated heterocycles. The van der Waals surface area contributed by atoms with Gasteiger partial charge in [0.05, 0.1) is 0 Å². The molecule has 118 valence electrons. The second kappa shape index (κ2) is 8.83. The standard InChI is InChI=1S/C13H22N4O4/c1-11(2)15-13(19)21-9-7-17-5-4-16(10-17)6-8-20-12(18)14-3/h4-5,10-11H,6-9H2,1-3H3,(H-,14,15,18,19)/p+1. The molecule has 1 aromatic rings. The molecule has 0 aliphatic heterocycles. The van der Waals surface area contributed by atoms with Gasteiger partial charge in [0.1, 0.15) is 38.7 Å². The Balaban J connectivity index is 2.22. The zero-order valence-electron chi connectivity index (χ0n) is 12.7. The second-order valence-electron chi connectivity index (χ2n) is 4.71. The first kappa shape index (κ1) is 16.8. The fourth-order valence-corrected chi connectivity index (χ4v) is 1.54. The van der Waals surface area contributed by atoms with E-state index in [2.05, 4.69) is 10.6 Å². The molecule has 8 nitrogen and oxygen atoms in total. The van der Waals surface area contributed by atoms with Gasteiger partial charge in [0.25, 0.3) is 0 Å². The smallest absolute Gasteiger partial charge is 0.407 e. The summed E-state index contributed by atoms with van der Waals surface area (Å²) < 4.78 is 13.7. The normalized spacial score (nSPS) is 10.3. The van der Waals surface area contributed by atoms with Crippen LogP contribution in [0.1, 0.15) is 13.8 Å². The average molecular weight is 299 g/mol. The number of alkyl carbamates (subject to hydrolysis) is 2. The van der Waals surface area contributed by atoms with E-state index < -0.39 is 12.2 Å². The van der Waals surface area contributed by atoms with Crippen molar-refractivity contribution in [3.05, 3.63) is 18.7 Å². The number of hydrogen-bond donors (Lipinski definition) is 2. The predicted octanol–water partition coefficient (Wildman–Crippen LogP) is 0.266. The first-order valence-electron chi connectivity index (χ1n) is 6.84. The van der Waals surface area contributed by atoms with Crippen LogP contribution in [-0.2, 0) is 22.6 Å². The maximum absolute atomic E-state index is 11.3. The summed E-state index contributed by atoms with van der Waals surface area (Å²) in [5, 5.41) is 5.03. The molecule has 0 bridgehead atoms. The van der Waals surface area contributed by atoms with Crippen molar-refractivity contribution >= 4 is 12.2 Å². The highest BCUT2D eigenvalue weighted by Crippen LogP contribution is 1.88. The largest absolute Gasteiger partial charge is 0.445 e. The highest BCUT2D eigenvalue weighted by Gasteiger charge is 2.07. The van der Waals surface area contributed by atoms with Crippen LogP contribution in [0, 0.1) is 0 Å². The zero-order valence-corrected chi connectivity index (χ0v) is 12.7. The van der Waals surface area contributed by atoms with Crippen molar-refractivity contribution < 1.29 is 23.6 Å². The van der Waals surface area contributed by atoms with Crippen LogP contribution in [-0.4, -0.2) is 43.1 Å². The van der Waals surface area contributed by atoms with Crippen molar-refractivity contribution in [1.29, 1.82) is 0 Å². The van der Waals surface area contributed by atoms with Gasteiger partial charge in [0.15, 0.2) is 0 Å². The third kappa shape index (κ3) is 7.19. The van der Waals surface area contributed by atoms with Crippen molar-refractivity contribution in [2.75, 3.05) is 20.3 Å². The molecule has 2 N–H and O–H groups in total. The molecule has 0 fully saturated rings. The highest BCUT2D eigenvalue weighted by atomic mass is 16.6. The van der Waals surface area contributed by atoms with Gasteiger partial charge in [0, 0.05) is 13.1 Å². The van der Waals surface area contributed by atoms with E-state index in [0.29, 0.717) is 26.3 Å². The van der Waals surface area contributed by atoms with Crippen LogP contribution in [0.25, 0.3) is 0 Å². The molecule has 0 atom stereocenters. The molecule has 8 heteroatoms. The van der Waals surface area contributed by atoms with Crippen LogP contribution < -0.4 is 15.2 Å². The van der Waals surface area contributed by atoms with Crippen LogP contribution in [0.4, 0.5) is 9.59 Å². The third-order valence-electron chi connectivity index (χ3n) is 2.52. The minimum atomic E-state index is -0.445. The van der Waals surface area contributed by atoms with E-state index in [9.17, 15) is 9.59 Å². The van der Waals surface area contributed by atoms with Gasteiger partial charge in [-0.3, -0.25) is 0 Å². The minimum absolute atomic E-state index is 0.0616. The molecule has 1 aromatic heterocycles. The van der Waals surface area contributed by atoms with Crippen molar-refractivity contribution in [3.8, 4) is 0 Å². The lowest BCUT2D eigenvalue weighted by Crippen LogP contribution is -2.37. The van der Waals surface area contributed by atoms with Crippen LogP contribution >= 0.6 is 0 Å². The Kier molecular flexibility index (Phi) is 7.06. The van der Waals surface area contributed by atoms with Gasteiger partial charge in [-0.15, -0.1) is 0 Å². The van der Waals surface area contributed by atoms with E-state index in [0.717, 1.165) is 0 Å². The molecular weight excluding hydrogens is 276 g/mol. The van der Waals surface area contributed by atoms with Crippen LogP contribution in [0.2, 0.25) is 0 Å². The van der Waals surface area contributed by atoms with E-state index in [-0.39, 0.29) is 6.04 Å². The lowest BCUT2D eigenvalue weighted by atomic mass is 10.4. The Bertz CT molecular complexity index is 459. The Morgan fingerprint density at radius 1 is 1.24 bits per heavy atom. The number of carbonyl (C=O) groups excluding carboxylic acids is 2. The summed E-state index contributed by atoms with van der Waals surface area (Å²) in [5.41, 5.74) is 0. The van der Waals surface area contributed by atoms with Gasteiger partial charge in [0.2, 0.25) is 6.33 Å². The second-order valence-corrected chi connectivity index (χ2v) is 4.71. The first-order chi connectivity index (χ1) is 10.0. The summed E-state index contributed by atoms with van der Waals surface area (Å²) in [5.74, 6) is 0. The SMILES string of the molecule is CNC(=O)OCCn1cc[n+](CCOC(=O)NC(C)C)c1. The van der Waals surface area contributed by atoms with Gasteiger partial charge in [-0.2, -0.15) is 0 Å². The first-order valence-corrected chi connectivity index (χ1v) is 6.84. The number of nitrogens with zero attached hydrogens (tertiary/aromatic N) is 2. The summed E-state index contributed by atoms with van der Waals surface area (Å²) in [7, 11) is 1.52. The van der Waals surface area contributed by atoms with E-state index in [1.54, 1.807) is 0 Å². The van der Waals surface area contributed by atoms with Crippen molar-refractivity contribution in [2.24, 2.45) is 0 Å². The molecule has 0 aliphatic carbocycles. The number of aromatic nitrogens is 2. The maximum Gasteiger partial charge on any atom is 0.407 e. The number of carbonyl (C=O) groups is 2. The highest BCUT2D eigenvalue weighted by molar-refractivity contribution is 5.67. The van der Waals surface area contributed by atoms with Crippen molar-refractivity contribution in [3.63, 3.8) is 0 Å². The number of nitrogens with one attached hydrogen (secondary N) is 2. The van der Waals surface area contributed by atoms with E-state index in [1.807, 2.05) is 41.7 Å². The van der Waals surface area contributed by atoms with Gasteiger partial charge in [-0.25, -0.2) is 18.7 Å². The molecule has 0 unspecified atom stereocenters. The molecule has 21 heavy (non-hydrogen) atoms. The molecule has 1 heterocycles. The van der Waals surface area contributed by atoms with Crippen LogP contribution in [0.5, 0.6) is 0 Å². The molecule has 2 amide bonds. The van der Waals surface area contributed by atoms with E-state index >= 15 is 0 Å². The fourth-order valence-electron chi connectivity index (χ4n) is 1.54. The summed E-state index contributed by atoms with van der Waals surface area (Å²) in [4.78, 5) is 22.2. The maximum atomic E-state index is 11.3. The zero-order chi connectivity index (χ0) is 15.7. The summed E-state index contributed by atoms with van der Waals surface area (Å²) in [6, 6.07) is 0.0616. The van der Waals surface area contributed by atoms with Crippen LogP contribution in [0.15, 0.2) is 18.7 Å². The van der Waals surface area contributed by atoms with Gasteiger partial charge in [-0.1, -0.05) is 0 Å².